The SMILES string of the molecule is C[C@H]1[C@H](C)CCC[C@@H]1NC(=S)Nc1cc(S(=O)(=O)N2CCOCC2)ccc1Cl. The van der Waals surface area contributed by atoms with Gasteiger partial charge in [-0.25, -0.2) is 8.42 Å². The van der Waals surface area contributed by atoms with Crippen LogP contribution >= 0.6 is 23.8 Å². The predicted molar refractivity (Wildman–Crippen MR) is 116 cm³/mol. The van der Waals surface area contributed by atoms with E-state index in [0.29, 0.717) is 60.0 Å². The first kappa shape index (κ1) is 21.8. The number of benzene rings is 1. The van der Waals surface area contributed by atoms with E-state index < -0.39 is 10.0 Å². The van der Waals surface area contributed by atoms with Crippen molar-refractivity contribution in [1.29, 1.82) is 0 Å². The second kappa shape index (κ2) is 9.26. The number of halogens is 1. The number of hydrogen-bond donors (Lipinski definition) is 2. The highest BCUT2D eigenvalue weighted by molar-refractivity contribution is 7.89. The maximum atomic E-state index is 12.9. The molecule has 0 aromatic heterocycles. The second-order valence-electron chi connectivity index (χ2n) is 7.63. The molecule has 0 amide bonds. The number of anilines is 1. The van der Waals surface area contributed by atoms with Gasteiger partial charge in [0.2, 0.25) is 10.0 Å². The molecule has 9 heteroatoms. The summed E-state index contributed by atoms with van der Waals surface area (Å²) in [6, 6.07) is 4.97. The number of hydrogen-bond acceptors (Lipinski definition) is 4. The molecular weight excluding hydrogens is 418 g/mol. The van der Waals surface area contributed by atoms with Gasteiger partial charge >= 0.3 is 0 Å². The molecule has 1 aliphatic carbocycles. The zero-order valence-corrected chi connectivity index (χ0v) is 18.7. The fourth-order valence-electron chi connectivity index (χ4n) is 3.81. The lowest BCUT2D eigenvalue weighted by Crippen LogP contribution is -2.45. The molecule has 2 aliphatic rings. The molecule has 0 bridgehead atoms. The van der Waals surface area contributed by atoms with Crippen molar-refractivity contribution in [3.05, 3.63) is 23.2 Å². The third kappa shape index (κ3) is 4.97. The number of rotatable bonds is 4. The molecule has 0 spiro atoms. The normalized spacial score (nSPS) is 26.6. The van der Waals surface area contributed by atoms with Gasteiger partial charge in [0, 0.05) is 19.1 Å². The Bertz CT molecular complexity index is 813. The van der Waals surface area contributed by atoms with Crippen LogP contribution in [0.5, 0.6) is 0 Å². The lowest BCUT2D eigenvalue weighted by atomic mass is 9.78. The molecule has 28 heavy (non-hydrogen) atoms. The van der Waals surface area contributed by atoms with Gasteiger partial charge in [-0.05, 0) is 48.7 Å². The minimum absolute atomic E-state index is 0.198. The van der Waals surface area contributed by atoms with Crippen molar-refractivity contribution in [2.75, 3.05) is 31.6 Å². The Kier molecular flexibility index (Phi) is 7.20. The van der Waals surface area contributed by atoms with Crippen molar-refractivity contribution in [3.8, 4) is 0 Å². The number of sulfonamides is 1. The highest BCUT2D eigenvalue weighted by Gasteiger charge is 2.29. The average molecular weight is 446 g/mol. The van der Waals surface area contributed by atoms with Crippen molar-refractivity contribution in [2.45, 2.75) is 44.0 Å². The Hall–Kier alpha value is -0.930. The Morgan fingerprint density at radius 1 is 1.25 bits per heavy atom. The summed E-state index contributed by atoms with van der Waals surface area (Å²) < 4.78 is 32.5. The van der Waals surface area contributed by atoms with Gasteiger partial charge in [0.15, 0.2) is 5.11 Å². The molecule has 1 saturated heterocycles. The maximum absolute atomic E-state index is 12.9. The highest BCUT2D eigenvalue weighted by Crippen LogP contribution is 2.30. The molecule has 156 valence electrons. The van der Waals surface area contributed by atoms with Crippen molar-refractivity contribution >= 4 is 44.6 Å². The zero-order chi connectivity index (χ0) is 20.3. The van der Waals surface area contributed by atoms with E-state index in [1.54, 1.807) is 12.1 Å². The molecule has 0 unspecified atom stereocenters. The van der Waals surface area contributed by atoms with E-state index in [2.05, 4.69) is 24.5 Å². The van der Waals surface area contributed by atoms with Crippen LogP contribution in [0.1, 0.15) is 33.1 Å². The largest absolute Gasteiger partial charge is 0.379 e. The van der Waals surface area contributed by atoms with Gasteiger partial charge in [0.1, 0.15) is 0 Å². The van der Waals surface area contributed by atoms with Crippen molar-refractivity contribution < 1.29 is 13.2 Å². The van der Waals surface area contributed by atoms with E-state index in [1.165, 1.54) is 23.2 Å². The standard InChI is InChI=1S/C19H28ClN3O3S2/c1-13-4-3-5-17(14(13)2)21-19(27)22-18-12-15(6-7-16(18)20)28(24,25)23-8-10-26-11-9-23/h6-7,12-14,17H,3-5,8-11H2,1-2H3,(H2,21,22,27)/t13-,14+,17+/m1/s1. The highest BCUT2D eigenvalue weighted by atomic mass is 35.5. The van der Waals surface area contributed by atoms with Crippen molar-refractivity contribution in [1.82, 2.24) is 9.62 Å². The van der Waals surface area contributed by atoms with Crippen LogP contribution in [0.3, 0.4) is 0 Å². The summed E-state index contributed by atoms with van der Waals surface area (Å²) in [5.41, 5.74) is 0.491. The summed E-state index contributed by atoms with van der Waals surface area (Å²) in [7, 11) is -3.59. The topological polar surface area (TPSA) is 70.7 Å². The molecule has 0 radical (unpaired) electrons. The molecule has 3 atom stereocenters. The third-order valence-electron chi connectivity index (χ3n) is 5.82. The minimum Gasteiger partial charge on any atom is -0.379 e. The monoisotopic (exact) mass is 445 g/mol. The molecule has 1 aromatic carbocycles. The minimum atomic E-state index is -3.59. The molecular formula is C19H28ClN3O3S2. The summed E-state index contributed by atoms with van der Waals surface area (Å²) in [4.78, 5) is 0.198. The summed E-state index contributed by atoms with van der Waals surface area (Å²) in [5.74, 6) is 1.18. The van der Waals surface area contributed by atoms with E-state index in [-0.39, 0.29) is 4.90 Å². The molecule has 1 heterocycles. The average Bonchev–Trinajstić information content (AvgIpc) is 2.68. The maximum Gasteiger partial charge on any atom is 0.243 e. The van der Waals surface area contributed by atoms with E-state index in [9.17, 15) is 8.42 Å². The fraction of sp³-hybridized carbons (Fsp3) is 0.632. The first-order valence-electron chi connectivity index (χ1n) is 9.74. The van der Waals surface area contributed by atoms with E-state index in [1.807, 2.05) is 0 Å². The van der Waals surface area contributed by atoms with Crippen LogP contribution in [0.15, 0.2) is 23.1 Å². The van der Waals surface area contributed by atoms with Crippen LogP contribution in [0.4, 0.5) is 5.69 Å². The van der Waals surface area contributed by atoms with Crippen LogP contribution in [0.2, 0.25) is 5.02 Å². The summed E-state index contributed by atoms with van der Waals surface area (Å²) in [6.45, 7) is 6.03. The summed E-state index contributed by atoms with van der Waals surface area (Å²) in [5, 5.41) is 7.36. The van der Waals surface area contributed by atoms with E-state index in [0.717, 1.165) is 6.42 Å². The number of morpholine rings is 1. The first-order chi connectivity index (χ1) is 13.3. The molecule has 6 nitrogen and oxygen atoms in total. The molecule has 1 aromatic rings. The molecule has 2 N–H and O–H groups in total. The molecule has 2 fully saturated rings. The van der Waals surface area contributed by atoms with Crippen LogP contribution in [-0.4, -0.2) is 50.2 Å². The van der Waals surface area contributed by atoms with Gasteiger partial charge < -0.3 is 15.4 Å². The Balaban J connectivity index is 1.72. The van der Waals surface area contributed by atoms with Gasteiger partial charge in [-0.1, -0.05) is 38.3 Å². The number of nitrogens with one attached hydrogen (secondary N) is 2. The summed E-state index contributed by atoms with van der Waals surface area (Å²) in [6.07, 6.45) is 3.50. The van der Waals surface area contributed by atoms with Crippen LogP contribution in [0.25, 0.3) is 0 Å². The number of nitrogens with zero attached hydrogens (tertiary/aromatic N) is 1. The Labute approximate surface area is 178 Å². The van der Waals surface area contributed by atoms with Crippen LogP contribution in [-0.2, 0) is 14.8 Å². The second-order valence-corrected chi connectivity index (χ2v) is 10.4. The van der Waals surface area contributed by atoms with Gasteiger partial charge in [-0.2, -0.15) is 4.31 Å². The first-order valence-corrected chi connectivity index (χ1v) is 12.0. The summed E-state index contributed by atoms with van der Waals surface area (Å²) >= 11 is 11.8. The molecule has 1 aliphatic heterocycles. The number of ether oxygens (including phenoxy) is 1. The molecule has 1 saturated carbocycles. The van der Waals surface area contributed by atoms with E-state index >= 15 is 0 Å². The molecule has 3 rings (SSSR count). The van der Waals surface area contributed by atoms with Crippen LogP contribution in [0, 0.1) is 11.8 Å². The van der Waals surface area contributed by atoms with Crippen molar-refractivity contribution in [2.24, 2.45) is 11.8 Å². The Morgan fingerprint density at radius 2 is 1.96 bits per heavy atom. The Morgan fingerprint density at radius 3 is 2.68 bits per heavy atom. The lowest BCUT2D eigenvalue weighted by molar-refractivity contribution is 0.0730. The van der Waals surface area contributed by atoms with Gasteiger partial charge in [-0.3, -0.25) is 0 Å². The van der Waals surface area contributed by atoms with Crippen molar-refractivity contribution in [3.63, 3.8) is 0 Å². The van der Waals surface area contributed by atoms with Gasteiger partial charge in [0.05, 0.1) is 28.8 Å². The fourth-order valence-corrected chi connectivity index (χ4v) is 5.67. The third-order valence-corrected chi connectivity index (χ3v) is 8.26. The lowest BCUT2D eigenvalue weighted by Gasteiger charge is -2.35. The quantitative estimate of drug-likeness (QED) is 0.691. The zero-order valence-electron chi connectivity index (χ0n) is 16.3. The number of thiocarbonyl (C=S) groups is 1. The van der Waals surface area contributed by atoms with E-state index in [4.69, 9.17) is 28.6 Å². The smallest absolute Gasteiger partial charge is 0.243 e. The van der Waals surface area contributed by atoms with Crippen LogP contribution < -0.4 is 10.6 Å². The van der Waals surface area contributed by atoms with Gasteiger partial charge in [-0.15, -0.1) is 0 Å². The van der Waals surface area contributed by atoms with Gasteiger partial charge in [0.25, 0.3) is 0 Å². The predicted octanol–water partition coefficient (Wildman–Crippen LogP) is 3.47.